The van der Waals surface area contributed by atoms with Gasteiger partial charge in [-0.2, -0.15) is 0 Å². The topological polar surface area (TPSA) is 75.3 Å². The van der Waals surface area contributed by atoms with Gasteiger partial charge in [-0.1, -0.05) is 20.8 Å². The number of hydrogen-bond donors (Lipinski definition) is 3. The third-order valence-electron chi connectivity index (χ3n) is 3.20. The van der Waals surface area contributed by atoms with Crippen molar-refractivity contribution < 1.29 is 9.90 Å². The molecule has 96 valence electrons. The van der Waals surface area contributed by atoms with Crippen molar-refractivity contribution in [3.63, 3.8) is 0 Å². The summed E-state index contributed by atoms with van der Waals surface area (Å²) >= 11 is 0. The first-order valence-corrected chi connectivity index (χ1v) is 6.19. The number of amides is 1. The fourth-order valence-electron chi connectivity index (χ4n) is 1.48. The van der Waals surface area contributed by atoms with Crippen LogP contribution in [0.5, 0.6) is 0 Å². The second kappa shape index (κ2) is 7.63. The molecule has 0 aliphatic carbocycles. The van der Waals surface area contributed by atoms with E-state index in [-0.39, 0.29) is 11.8 Å². The molecule has 0 saturated carbocycles. The Morgan fingerprint density at radius 3 is 2.44 bits per heavy atom. The van der Waals surface area contributed by atoms with Gasteiger partial charge in [0.05, 0.1) is 5.60 Å². The summed E-state index contributed by atoms with van der Waals surface area (Å²) in [6.45, 7) is 6.69. The Kier molecular flexibility index (Phi) is 7.34. The van der Waals surface area contributed by atoms with Crippen molar-refractivity contribution in [2.45, 2.75) is 52.1 Å². The molecular formula is C12H26N2O2. The highest BCUT2D eigenvalue weighted by Crippen LogP contribution is 2.13. The predicted molar refractivity (Wildman–Crippen MR) is 66.0 cm³/mol. The van der Waals surface area contributed by atoms with Crippen LogP contribution in [0.15, 0.2) is 0 Å². The second-order valence-corrected chi connectivity index (χ2v) is 4.48. The maximum Gasteiger partial charge on any atom is 0.222 e. The Morgan fingerprint density at radius 1 is 1.44 bits per heavy atom. The van der Waals surface area contributed by atoms with E-state index in [1.165, 1.54) is 0 Å². The molecule has 4 heteroatoms. The van der Waals surface area contributed by atoms with Gasteiger partial charge in [0.2, 0.25) is 5.91 Å². The molecule has 16 heavy (non-hydrogen) atoms. The van der Waals surface area contributed by atoms with Gasteiger partial charge in [-0.15, -0.1) is 0 Å². The van der Waals surface area contributed by atoms with Crippen LogP contribution in [0.25, 0.3) is 0 Å². The highest BCUT2D eigenvalue weighted by atomic mass is 16.3. The van der Waals surface area contributed by atoms with E-state index in [0.717, 1.165) is 12.8 Å². The lowest BCUT2D eigenvalue weighted by Crippen LogP contribution is -2.43. The summed E-state index contributed by atoms with van der Waals surface area (Å²) in [6, 6.07) is 0. The van der Waals surface area contributed by atoms with Gasteiger partial charge in [-0.3, -0.25) is 4.79 Å². The zero-order chi connectivity index (χ0) is 12.6. The van der Waals surface area contributed by atoms with Crippen LogP contribution >= 0.6 is 0 Å². The van der Waals surface area contributed by atoms with E-state index >= 15 is 0 Å². The third kappa shape index (κ3) is 5.47. The predicted octanol–water partition coefficient (Wildman–Crippen LogP) is 1.03. The van der Waals surface area contributed by atoms with Crippen LogP contribution in [0.4, 0.5) is 0 Å². The van der Waals surface area contributed by atoms with Gasteiger partial charge in [0, 0.05) is 12.5 Å². The summed E-state index contributed by atoms with van der Waals surface area (Å²) in [5.74, 6) is -0.0183. The van der Waals surface area contributed by atoms with Crippen LogP contribution in [0.1, 0.15) is 46.5 Å². The molecule has 0 aromatic heterocycles. The molecule has 0 aliphatic heterocycles. The van der Waals surface area contributed by atoms with Crippen molar-refractivity contribution in [1.82, 2.24) is 5.32 Å². The molecule has 0 aromatic rings. The molecule has 0 heterocycles. The maximum absolute atomic E-state index is 11.7. The summed E-state index contributed by atoms with van der Waals surface area (Å²) < 4.78 is 0. The van der Waals surface area contributed by atoms with E-state index in [4.69, 9.17) is 5.73 Å². The number of aliphatic hydroxyl groups is 1. The van der Waals surface area contributed by atoms with E-state index in [1.807, 2.05) is 20.8 Å². The van der Waals surface area contributed by atoms with E-state index in [1.54, 1.807) is 0 Å². The first kappa shape index (κ1) is 15.4. The SMILES string of the molecule is CCC(O)(CC)CNC(=O)C(C)CCCN. The Hall–Kier alpha value is -0.610. The first-order valence-electron chi connectivity index (χ1n) is 6.19. The van der Waals surface area contributed by atoms with Crippen molar-refractivity contribution in [3.8, 4) is 0 Å². The van der Waals surface area contributed by atoms with Gasteiger partial charge in [-0.25, -0.2) is 0 Å². The third-order valence-corrected chi connectivity index (χ3v) is 3.20. The molecule has 0 rings (SSSR count). The van der Waals surface area contributed by atoms with Crippen LogP contribution in [-0.2, 0) is 4.79 Å². The smallest absolute Gasteiger partial charge is 0.222 e. The molecule has 0 saturated heterocycles. The average Bonchev–Trinajstić information content (AvgIpc) is 2.32. The molecule has 1 atom stereocenters. The summed E-state index contributed by atoms with van der Waals surface area (Å²) in [7, 11) is 0. The Morgan fingerprint density at radius 2 is 2.00 bits per heavy atom. The monoisotopic (exact) mass is 230 g/mol. The summed E-state index contributed by atoms with van der Waals surface area (Å²) in [4.78, 5) is 11.7. The number of nitrogens with two attached hydrogens (primary N) is 1. The minimum absolute atomic E-state index is 0.00813. The quantitative estimate of drug-likeness (QED) is 0.583. The number of hydrogen-bond acceptors (Lipinski definition) is 3. The Balaban J connectivity index is 3.96. The zero-order valence-electron chi connectivity index (χ0n) is 10.8. The number of carbonyl (C=O) groups is 1. The molecule has 0 fully saturated rings. The molecule has 0 radical (unpaired) electrons. The first-order chi connectivity index (χ1) is 7.49. The van der Waals surface area contributed by atoms with E-state index in [2.05, 4.69) is 5.32 Å². The van der Waals surface area contributed by atoms with E-state index in [0.29, 0.717) is 25.9 Å². The number of carbonyl (C=O) groups excluding carboxylic acids is 1. The van der Waals surface area contributed by atoms with Gasteiger partial charge >= 0.3 is 0 Å². The van der Waals surface area contributed by atoms with Crippen molar-refractivity contribution in [1.29, 1.82) is 0 Å². The Labute approximate surface area is 98.6 Å². The molecule has 1 amide bonds. The lowest BCUT2D eigenvalue weighted by atomic mass is 9.97. The summed E-state index contributed by atoms with van der Waals surface area (Å²) in [5.41, 5.74) is 4.63. The van der Waals surface area contributed by atoms with Crippen molar-refractivity contribution in [2.24, 2.45) is 11.7 Å². The maximum atomic E-state index is 11.7. The van der Waals surface area contributed by atoms with Crippen LogP contribution < -0.4 is 11.1 Å². The standard InChI is InChI=1S/C12H26N2O2/c1-4-12(16,5-2)9-14-11(15)10(3)7-6-8-13/h10,16H,4-9,13H2,1-3H3,(H,14,15). The van der Waals surface area contributed by atoms with Crippen molar-refractivity contribution >= 4 is 5.91 Å². The van der Waals surface area contributed by atoms with Crippen LogP contribution in [0, 0.1) is 5.92 Å². The molecule has 4 N–H and O–H groups in total. The fraction of sp³-hybridized carbons (Fsp3) is 0.917. The molecule has 4 nitrogen and oxygen atoms in total. The highest BCUT2D eigenvalue weighted by Gasteiger charge is 2.23. The molecule has 1 unspecified atom stereocenters. The molecule has 0 aromatic carbocycles. The normalized spacial score (nSPS) is 13.6. The molecule has 0 bridgehead atoms. The minimum atomic E-state index is -0.761. The van der Waals surface area contributed by atoms with Crippen molar-refractivity contribution in [3.05, 3.63) is 0 Å². The minimum Gasteiger partial charge on any atom is -0.388 e. The Bertz CT molecular complexity index is 203. The second-order valence-electron chi connectivity index (χ2n) is 4.48. The summed E-state index contributed by atoms with van der Waals surface area (Å²) in [6.07, 6.45) is 2.97. The van der Waals surface area contributed by atoms with E-state index < -0.39 is 5.60 Å². The molecule has 0 spiro atoms. The molecule has 0 aliphatic rings. The van der Waals surface area contributed by atoms with Gasteiger partial charge < -0.3 is 16.2 Å². The summed E-state index contributed by atoms with van der Waals surface area (Å²) in [5, 5.41) is 12.8. The fourth-order valence-corrected chi connectivity index (χ4v) is 1.48. The van der Waals surface area contributed by atoms with Crippen LogP contribution in [0.3, 0.4) is 0 Å². The van der Waals surface area contributed by atoms with Gasteiger partial charge in [0.1, 0.15) is 0 Å². The van der Waals surface area contributed by atoms with Crippen molar-refractivity contribution in [2.75, 3.05) is 13.1 Å². The van der Waals surface area contributed by atoms with Gasteiger partial charge in [0.15, 0.2) is 0 Å². The van der Waals surface area contributed by atoms with Gasteiger partial charge in [-0.05, 0) is 32.2 Å². The number of nitrogens with one attached hydrogen (secondary N) is 1. The molecular weight excluding hydrogens is 204 g/mol. The van der Waals surface area contributed by atoms with E-state index in [9.17, 15) is 9.90 Å². The van der Waals surface area contributed by atoms with Gasteiger partial charge in [0.25, 0.3) is 0 Å². The number of rotatable bonds is 8. The largest absolute Gasteiger partial charge is 0.388 e. The zero-order valence-corrected chi connectivity index (χ0v) is 10.8. The van der Waals surface area contributed by atoms with Crippen LogP contribution in [0.2, 0.25) is 0 Å². The lowest BCUT2D eigenvalue weighted by molar-refractivity contribution is -0.126. The average molecular weight is 230 g/mol. The lowest BCUT2D eigenvalue weighted by Gasteiger charge is -2.26. The highest BCUT2D eigenvalue weighted by molar-refractivity contribution is 5.78. The van der Waals surface area contributed by atoms with Crippen LogP contribution in [-0.4, -0.2) is 29.7 Å².